The molecule has 0 spiro atoms. The third-order valence-electron chi connectivity index (χ3n) is 2.47. The van der Waals surface area contributed by atoms with E-state index in [9.17, 15) is 9.59 Å². The van der Waals surface area contributed by atoms with Crippen LogP contribution >= 0.6 is 23.2 Å². The first-order valence-corrected chi connectivity index (χ1v) is 6.88. The van der Waals surface area contributed by atoms with Crippen LogP contribution in [-0.4, -0.2) is 31.9 Å². The van der Waals surface area contributed by atoms with Crippen molar-refractivity contribution < 1.29 is 19.1 Å². The van der Waals surface area contributed by atoms with Crippen molar-refractivity contribution in [3.8, 4) is 6.07 Å². The fourth-order valence-corrected chi connectivity index (χ4v) is 1.90. The van der Waals surface area contributed by atoms with Gasteiger partial charge in [-0.25, -0.2) is 4.79 Å². The van der Waals surface area contributed by atoms with Gasteiger partial charge < -0.3 is 9.47 Å². The maximum Gasteiger partial charge on any atom is 0.339 e. The van der Waals surface area contributed by atoms with Crippen LogP contribution in [0.5, 0.6) is 0 Å². The molecule has 0 aliphatic carbocycles. The second kappa shape index (κ2) is 8.37. The van der Waals surface area contributed by atoms with Gasteiger partial charge in [0.1, 0.15) is 0 Å². The summed E-state index contributed by atoms with van der Waals surface area (Å²) in [6.07, 6.45) is 1.07. The summed E-state index contributed by atoms with van der Waals surface area (Å²) in [6, 6.07) is 4.47. The first-order valence-electron chi connectivity index (χ1n) is 6.12. The monoisotopic (exact) mass is 342 g/mol. The van der Waals surface area contributed by atoms with Crippen molar-refractivity contribution in [2.24, 2.45) is 10.9 Å². The molecule has 0 N–H and O–H groups in total. The maximum absolute atomic E-state index is 11.8. The molecule has 6 nitrogen and oxygen atoms in total. The number of hydrogen-bond acceptors (Lipinski definition) is 6. The maximum atomic E-state index is 11.8. The van der Waals surface area contributed by atoms with Gasteiger partial charge in [0.2, 0.25) is 0 Å². The summed E-state index contributed by atoms with van der Waals surface area (Å²) >= 11 is 12.0. The molecule has 1 aromatic rings. The largest absolute Gasteiger partial charge is 0.468 e. The highest BCUT2D eigenvalue weighted by molar-refractivity contribution is 6.38. The quantitative estimate of drug-likeness (QED) is 0.605. The van der Waals surface area contributed by atoms with Crippen LogP contribution in [0.2, 0.25) is 10.0 Å². The van der Waals surface area contributed by atoms with E-state index in [1.807, 2.05) is 0 Å². The van der Waals surface area contributed by atoms with E-state index in [0.29, 0.717) is 0 Å². The summed E-state index contributed by atoms with van der Waals surface area (Å²) in [5.41, 5.74) is 0.191. The van der Waals surface area contributed by atoms with Gasteiger partial charge in [-0.1, -0.05) is 23.2 Å². The van der Waals surface area contributed by atoms with E-state index in [-0.39, 0.29) is 27.9 Å². The van der Waals surface area contributed by atoms with E-state index >= 15 is 0 Å². The highest BCUT2D eigenvalue weighted by Gasteiger charge is 2.18. The lowest BCUT2D eigenvalue weighted by Crippen LogP contribution is -2.15. The highest BCUT2D eigenvalue weighted by atomic mass is 35.5. The van der Waals surface area contributed by atoms with E-state index in [0.717, 1.165) is 13.3 Å². The zero-order chi connectivity index (χ0) is 16.7. The Morgan fingerprint density at radius 3 is 2.68 bits per heavy atom. The third-order valence-corrected chi connectivity index (χ3v) is 3.09. The molecule has 8 heteroatoms. The Bertz CT molecular complexity index is 653. The van der Waals surface area contributed by atoms with Gasteiger partial charge in [0.05, 0.1) is 36.1 Å². The molecule has 1 rings (SSSR count). The van der Waals surface area contributed by atoms with Gasteiger partial charge >= 0.3 is 11.9 Å². The number of rotatable bonds is 5. The molecule has 0 radical (unpaired) electrons. The average molecular weight is 343 g/mol. The second-order valence-corrected chi connectivity index (χ2v) is 4.73. The van der Waals surface area contributed by atoms with Gasteiger partial charge in [-0.15, -0.1) is 0 Å². The number of nitrogens with zero attached hydrogens (tertiary/aromatic N) is 2. The number of carbonyl (C=O) groups excluding carboxylic acids is 2. The lowest BCUT2D eigenvalue weighted by Gasteiger charge is -2.07. The first-order chi connectivity index (χ1) is 10.4. The Hall–Kier alpha value is -2.10. The van der Waals surface area contributed by atoms with Gasteiger partial charge in [0, 0.05) is 11.2 Å². The molecule has 116 valence electrons. The highest BCUT2D eigenvalue weighted by Crippen LogP contribution is 2.32. The van der Waals surface area contributed by atoms with Crippen molar-refractivity contribution in [2.75, 3.05) is 13.7 Å². The molecule has 0 fully saturated rings. The molecule has 0 aliphatic heterocycles. The van der Waals surface area contributed by atoms with Gasteiger partial charge in [-0.2, -0.15) is 5.26 Å². The molecule has 0 saturated heterocycles. The molecule has 0 heterocycles. The third kappa shape index (κ3) is 4.45. The van der Waals surface area contributed by atoms with Crippen molar-refractivity contribution in [1.29, 1.82) is 5.26 Å². The Morgan fingerprint density at radius 1 is 1.45 bits per heavy atom. The Morgan fingerprint density at radius 2 is 2.14 bits per heavy atom. The van der Waals surface area contributed by atoms with Crippen molar-refractivity contribution >= 4 is 47.0 Å². The number of halogens is 2. The standard InChI is InChI=1S/C14H12Cl2N2O4/c1-3-22-14(20)10-4-9(15)5-11(12(10)16)18-7-8(6-17)13(19)21-2/h4-5,7-8H,3H2,1-2H3. The normalized spacial score (nSPS) is 11.8. The van der Waals surface area contributed by atoms with Gasteiger partial charge in [0.25, 0.3) is 0 Å². The number of benzene rings is 1. The molecular weight excluding hydrogens is 331 g/mol. The molecule has 1 atom stereocenters. The van der Waals surface area contributed by atoms with E-state index in [4.69, 9.17) is 33.2 Å². The summed E-state index contributed by atoms with van der Waals surface area (Å²) in [6.45, 7) is 1.84. The van der Waals surface area contributed by atoms with Gasteiger partial charge in [-0.05, 0) is 19.1 Å². The van der Waals surface area contributed by atoms with E-state index in [1.54, 1.807) is 13.0 Å². The van der Waals surface area contributed by atoms with Crippen LogP contribution in [0, 0.1) is 17.2 Å². The van der Waals surface area contributed by atoms with Crippen LogP contribution in [0.15, 0.2) is 17.1 Å². The Labute approximate surface area is 137 Å². The summed E-state index contributed by atoms with van der Waals surface area (Å²) in [5.74, 6) is -2.59. The van der Waals surface area contributed by atoms with Crippen LogP contribution in [0.3, 0.4) is 0 Å². The van der Waals surface area contributed by atoms with Crippen molar-refractivity contribution in [2.45, 2.75) is 6.92 Å². The van der Waals surface area contributed by atoms with Gasteiger partial charge in [-0.3, -0.25) is 9.79 Å². The molecule has 0 saturated carbocycles. The van der Waals surface area contributed by atoms with Crippen molar-refractivity contribution in [3.05, 3.63) is 27.7 Å². The van der Waals surface area contributed by atoms with Crippen LogP contribution in [0.4, 0.5) is 5.69 Å². The summed E-state index contributed by atoms with van der Waals surface area (Å²) in [4.78, 5) is 27.0. The van der Waals surface area contributed by atoms with E-state index < -0.39 is 17.9 Å². The number of carbonyl (C=O) groups is 2. The summed E-state index contributed by atoms with van der Waals surface area (Å²) in [7, 11) is 1.16. The second-order valence-electron chi connectivity index (χ2n) is 3.92. The fraction of sp³-hybridized carbons (Fsp3) is 0.286. The first kappa shape index (κ1) is 18.0. The van der Waals surface area contributed by atoms with Crippen LogP contribution in [0.25, 0.3) is 0 Å². The predicted molar refractivity (Wildman–Crippen MR) is 81.7 cm³/mol. The molecule has 0 bridgehead atoms. The lowest BCUT2D eigenvalue weighted by atomic mass is 10.2. The number of aliphatic imine (C=N–C) groups is 1. The summed E-state index contributed by atoms with van der Waals surface area (Å²) < 4.78 is 9.31. The lowest BCUT2D eigenvalue weighted by molar-refractivity contribution is -0.141. The van der Waals surface area contributed by atoms with Crippen molar-refractivity contribution in [1.82, 2.24) is 0 Å². The topological polar surface area (TPSA) is 88.8 Å². The molecule has 0 aromatic heterocycles. The van der Waals surface area contributed by atoms with Gasteiger partial charge in [0.15, 0.2) is 5.92 Å². The van der Waals surface area contributed by atoms with Crippen LogP contribution in [0.1, 0.15) is 17.3 Å². The average Bonchev–Trinajstić information content (AvgIpc) is 2.50. The predicted octanol–water partition coefficient (Wildman–Crippen LogP) is 3.19. The van der Waals surface area contributed by atoms with Crippen LogP contribution in [-0.2, 0) is 14.3 Å². The number of esters is 2. The molecule has 0 aliphatic rings. The van der Waals surface area contributed by atoms with E-state index in [1.165, 1.54) is 12.1 Å². The number of methoxy groups -OCH3 is 1. The molecule has 22 heavy (non-hydrogen) atoms. The zero-order valence-corrected chi connectivity index (χ0v) is 13.3. The number of ether oxygens (including phenoxy) is 2. The number of nitriles is 1. The minimum atomic E-state index is -1.19. The smallest absolute Gasteiger partial charge is 0.339 e. The van der Waals surface area contributed by atoms with E-state index in [2.05, 4.69) is 9.73 Å². The Balaban J connectivity index is 3.18. The molecule has 1 unspecified atom stereocenters. The molecular formula is C14H12Cl2N2O4. The SMILES string of the molecule is CCOC(=O)c1cc(Cl)cc(N=CC(C#N)C(=O)OC)c1Cl. The van der Waals surface area contributed by atoms with Crippen LogP contribution < -0.4 is 0 Å². The molecule has 0 amide bonds. The summed E-state index contributed by atoms with van der Waals surface area (Å²) in [5, 5.41) is 9.10. The Kier molecular flexibility index (Phi) is 6.83. The minimum Gasteiger partial charge on any atom is -0.468 e. The van der Waals surface area contributed by atoms with Crippen molar-refractivity contribution in [3.63, 3.8) is 0 Å². The minimum absolute atomic E-state index is 0.0145. The molecule has 1 aromatic carbocycles. The fourth-order valence-electron chi connectivity index (χ4n) is 1.45. The number of hydrogen-bond donors (Lipinski definition) is 0. The zero-order valence-electron chi connectivity index (χ0n) is 11.8.